The monoisotopic (exact) mass is 482 g/mol. The largest absolute Gasteiger partial charge is 0.496 e. The zero-order valence-electron chi connectivity index (χ0n) is 17.2. The van der Waals surface area contributed by atoms with Gasteiger partial charge in [-0.15, -0.1) is 0 Å². The molecule has 0 bridgehead atoms. The van der Waals surface area contributed by atoms with Crippen LogP contribution in [-0.2, 0) is 4.79 Å². The van der Waals surface area contributed by atoms with Gasteiger partial charge in [-0.05, 0) is 48.7 Å². The van der Waals surface area contributed by atoms with E-state index in [0.29, 0.717) is 12.2 Å². The molecule has 1 aliphatic heterocycles. The highest BCUT2D eigenvalue weighted by atomic mass is 79.9. The van der Waals surface area contributed by atoms with Gasteiger partial charge in [0.15, 0.2) is 0 Å². The molecule has 1 fully saturated rings. The Bertz CT molecular complexity index is 1060. The first-order chi connectivity index (χ1) is 15.1. The number of ether oxygens (including phenoxy) is 1. The molecule has 160 valence electrons. The van der Waals surface area contributed by atoms with Gasteiger partial charge in [0.25, 0.3) is 0 Å². The van der Waals surface area contributed by atoms with Crippen molar-refractivity contribution in [2.45, 2.75) is 24.9 Å². The number of hydrogen-bond donors (Lipinski definition) is 1. The van der Waals surface area contributed by atoms with Crippen LogP contribution in [0, 0.1) is 5.82 Å². The normalized spacial score (nSPS) is 16.7. The molecule has 1 amide bonds. The van der Waals surface area contributed by atoms with Crippen molar-refractivity contribution in [1.29, 1.82) is 0 Å². The van der Waals surface area contributed by atoms with Gasteiger partial charge in [-0.2, -0.15) is 0 Å². The number of amides is 1. The third-order valence-electron chi connectivity index (χ3n) is 5.66. The van der Waals surface area contributed by atoms with Crippen molar-refractivity contribution in [3.63, 3.8) is 0 Å². The van der Waals surface area contributed by atoms with E-state index in [4.69, 9.17) is 4.74 Å². The molecule has 6 heteroatoms. The zero-order valence-corrected chi connectivity index (χ0v) is 18.8. The minimum atomic E-state index is -0.708. The fourth-order valence-corrected chi connectivity index (χ4v) is 4.40. The van der Waals surface area contributed by atoms with Crippen LogP contribution in [0.15, 0.2) is 77.3 Å². The number of rotatable bonds is 6. The van der Waals surface area contributed by atoms with Crippen LogP contribution in [0.3, 0.4) is 0 Å². The number of anilines is 1. The lowest BCUT2D eigenvalue weighted by atomic mass is 10.0. The highest BCUT2D eigenvalue weighted by molar-refractivity contribution is 9.10. The van der Waals surface area contributed by atoms with Crippen molar-refractivity contribution < 1.29 is 13.9 Å². The number of hydrogen-bond acceptors (Lipinski definition) is 3. The van der Waals surface area contributed by atoms with E-state index in [0.717, 1.165) is 34.2 Å². The van der Waals surface area contributed by atoms with Crippen molar-refractivity contribution >= 4 is 27.5 Å². The highest BCUT2D eigenvalue weighted by Gasteiger charge is 2.36. The molecule has 0 aliphatic carbocycles. The predicted octanol–water partition coefficient (Wildman–Crippen LogP) is 6.11. The van der Waals surface area contributed by atoms with Gasteiger partial charge in [-0.1, -0.05) is 58.4 Å². The third-order valence-corrected chi connectivity index (χ3v) is 6.19. The van der Waals surface area contributed by atoms with Crippen LogP contribution in [0.1, 0.15) is 36.1 Å². The van der Waals surface area contributed by atoms with Crippen LogP contribution in [0.25, 0.3) is 0 Å². The quantitative estimate of drug-likeness (QED) is 0.460. The summed E-state index contributed by atoms with van der Waals surface area (Å²) in [5.41, 5.74) is 2.08. The summed E-state index contributed by atoms with van der Waals surface area (Å²) in [6.07, 6.45) is 1.76. The third kappa shape index (κ3) is 4.59. The van der Waals surface area contributed by atoms with E-state index < -0.39 is 6.04 Å². The number of carbonyl (C=O) groups excluding carboxylic acids is 1. The summed E-state index contributed by atoms with van der Waals surface area (Å²) in [5, 5.41) is 3.15. The second-order valence-electron chi connectivity index (χ2n) is 7.54. The topological polar surface area (TPSA) is 41.6 Å². The fraction of sp³-hybridized carbons (Fsp3) is 0.240. The molecule has 1 heterocycles. The van der Waals surface area contributed by atoms with Crippen LogP contribution >= 0.6 is 15.9 Å². The SMILES string of the molecule is COc1ccccc1C1CCCN1C(=O)C(Nc1ccccc1F)c1ccc(Br)cc1. The van der Waals surface area contributed by atoms with Gasteiger partial charge in [-0.25, -0.2) is 4.39 Å². The lowest BCUT2D eigenvalue weighted by molar-refractivity contribution is -0.133. The second-order valence-corrected chi connectivity index (χ2v) is 8.46. The van der Waals surface area contributed by atoms with E-state index in [2.05, 4.69) is 21.2 Å². The van der Waals surface area contributed by atoms with Gasteiger partial charge in [-0.3, -0.25) is 4.79 Å². The molecule has 4 rings (SSSR count). The molecule has 3 aromatic carbocycles. The van der Waals surface area contributed by atoms with Gasteiger partial charge >= 0.3 is 0 Å². The van der Waals surface area contributed by atoms with E-state index in [9.17, 15) is 9.18 Å². The molecule has 3 aromatic rings. The lowest BCUT2D eigenvalue weighted by Gasteiger charge is -2.31. The van der Waals surface area contributed by atoms with Gasteiger partial charge in [0.1, 0.15) is 17.6 Å². The smallest absolute Gasteiger partial charge is 0.250 e. The van der Waals surface area contributed by atoms with Gasteiger partial charge < -0.3 is 15.0 Å². The molecule has 1 aliphatic rings. The summed E-state index contributed by atoms with van der Waals surface area (Å²) in [5.74, 6) is 0.300. The van der Waals surface area contributed by atoms with E-state index in [1.165, 1.54) is 6.07 Å². The van der Waals surface area contributed by atoms with Crippen LogP contribution in [0.2, 0.25) is 0 Å². The molecule has 31 heavy (non-hydrogen) atoms. The molecule has 0 spiro atoms. The van der Waals surface area contributed by atoms with Crippen molar-refractivity contribution in [1.82, 2.24) is 4.90 Å². The summed E-state index contributed by atoms with van der Waals surface area (Å²) >= 11 is 3.44. The summed E-state index contributed by atoms with van der Waals surface area (Å²) in [6, 6.07) is 21.0. The van der Waals surface area contributed by atoms with E-state index in [1.807, 2.05) is 53.4 Å². The number of nitrogens with one attached hydrogen (secondary N) is 1. The summed E-state index contributed by atoms with van der Waals surface area (Å²) < 4.78 is 20.9. The number of likely N-dealkylation sites (tertiary alicyclic amines) is 1. The van der Waals surface area contributed by atoms with Crippen LogP contribution in [0.4, 0.5) is 10.1 Å². The Balaban J connectivity index is 1.69. The molecule has 0 saturated carbocycles. The average Bonchev–Trinajstić information content (AvgIpc) is 3.28. The molecular weight excluding hydrogens is 459 g/mol. The Morgan fingerprint density at radius 2 is 1.81 bits per heavy atom. The molecule has 4 nitrogen and oxygen atoms in total. The number of carbonyl (C=O) groups is 1. The number of para-hydroxylation sites is 2. The molecule has 1 saturated heterocycles. The molecule has 0 radical (unpaired) electrons. The Morgan fingerprint density at radius 3 is 2.55 bits per heavy atom. The maximum Gasteiger partial charge on any atom is 0.250 e. The second kappa shape index (κ2) is 9.52. The first-order valence-electron chi connectivity index (χ1n) is 10.3. The zero-order chi connectivity index (χ0) is 21.8. The first kappa shape index (κ1) is 21.4. The Kier molecular flexibility index (Phi) is 6.56. The standard InChI is InChI=1S/C25H24BrFN2O2/c1-31-23-11-5-2-7-19(23)22-10-6-16-29(22)25(30)24(17-12-14-18(26)15-13-17)28-21-9-4-3-8-20(21)27/h2-5,7-9,11-15,22,24,28H,6,10,16H2,1H3. The predicted molar refractivity (Wildman–Crippen MR) is 124 cm³/mol. The van der Waals surface area contributed by atoms with Gasteiger partial charge in [0, 0.05) is 16.6 Å². The average molecular weight is 483 g/mol. The molecule has 0 aromatic heterocycles. The maximum atomic E-state index is 14.4. The fourth-order valence-electron chi connectivity index (χ4n) is 4.14. The molecular formula is C25H24BrFN2O2. The van der Waals surface area contributed by atoms with Crippen molar-refractivity contribution in [3.05, 3.63) is 94.2 Å². The van der Waals surface area contributed by atoms with Crippen LogP contribution in [-0.4, -0.2) is 24.5 Å². The van der Waals surface area contributed by atoms with Crippen molar-refractivity contribution in [2.75, 3.05) is 19.0 Å². The van der Waals surface area contributed by atoms with E-state index >= 15 is 0 Å². The molecule has 2 unspecified atom stereocenters. The Labute approximate surface area is 190 Å². The van der Waals surface area contributed by atoms with Crippen LogP contribution in [0.5, 0.6) is 5.75 Å². The maximum absolute atomic E-state index is 14.4. The summed E-state index contributed by atoms with van der Waals surface area (Å²) in [4.78, 5) is 15.7. The van der Waals surface area contributed by atoms with Gasteiger partial charge in [0.2, 0.25) is 5.91 Å². The summed E-state index contributed by atoms with van der Waals surface area (Å²) in [7, 11) is 1.64. The Morgan fingerprint density at radius 1 is 1.10 bits per heavy atom. The lowest BCUT2D eigenvalue weighted by Crippen LogP contribution is -2.38. The van der Waals surface area contributed by atoms with Crippen molar-refractivity contribution in [2.24, 2.45) is 0 Å². The van der Waals surface area contributed by atoms with E-state index in [-0.39, 0.29) is 17.8 Å². The number of nitrogens with zero attached hydrogens (tertiary/aromatic N) is 1. The number of halogens is 2. The molecule has 2 atom stereocenters. The van der Waals surface area contributed by atoms with Gasteiger partial charge in [0.05, 0.1) is 18.8 Å². The van der Waals surface area contributed by atoms with E-state index in [1.54, 1.807) is 25.3 Å². The number of methoxy groups -OCH3 is 1. The van der Waals surface area contributed by atoms with Crippen molar-refractivity contribution in [3.8, 4) is 5.75 Å². The highest BCUT2D eigenvalue weighted by Crippen LogP contribution is 2.39. The first-order valence-corrected chi connectivity index (χ1v) is 11.1. The number of benzene rings is 3. The molecule has 1 N–H and O–H groups in total. The summed E-state index contributed by atoms with van der Waals surface area (Å²) in [6.45, 7) is 0.646. The minimum absolute atomic E-state index is 0.0796. The van der Waals surface area contributed by atoms with Crippen LogP contribution < -0.4 is 10.1 Å². The Hall–Kier alpha value is -2.86. The minimum Gasteiger partial charge on any atom is -0.496 e.